The van der Waals surface area contributed by atoms with Gasteiger partial charge in [0.05, 0.1) is 17.0 Å². The molecule has 0 spiro atoms. The Kier molecular flexibility index (Phi) is 6.19. The minimum Gasteiger partial charge on any atom is -0.430 e. The maximum Gasteiger partial charge on any atom is 0.298 e. The summed E-state index contributed by atoms with van der Waals surface area (Å²) in [5, 5.41) is 1.02. The smallest absolute Gasteiger partial charge is 0.298 e. The van der Waals surface area contributed by atoms with Crippen molar-refractivity contribution in [1.29, 1.82) is 0 Å². The molecule has 0 aliphatic rings. The van der Waals surface area contributed by atoms with Crippen molar-refractivity contribution < 1.29 is 4.74 Å². The first-order chi connectivity index (χ1) is 11.7. The van der Waals surface area contributed by atoms with Gasteiger partial charge in [0.2, 0.25) is 0 Å². The highest BCUT2D eigenvalue weighted by Crippen LogP contribution is 2.35. The van der Waals surface area contributed by atoms with Crippen LogP contribution in [0.5, 0.6) is 10.9 Å². The molecule has 1 heterocycles. The lowest BCUT2D eigenvalue weighted by atomic mass is 9.96. The van der Waals surface area contributed by atoms with Crippen LogP contribution in [-0.4, -0.2) is 34.2 Å². The largest absolute Gasteiger partial charge is 0.430 e. The number of hydrogen-bond donors (Lipinski definition) is 0. The quantitative estimate of drug-likeness (QED) is 0.385. The Morgan fingerprint density at radius 1 is 1.40 bits per heavy atom. The van der Waals surface area contributed by atoms with E-state index < -0.39 is 0 Å². The van der Waals surface area contributed by atoms with Crippen LogP contribution in [-0.2, 0) is 5.41 Å². The summed E-state index contributed by atoms with van der Waals surface area (Å²) in [6, 6.07) is 3.65. The van der Waals surface area contributed by atoms with Gasteiger partial charge in [0, 0.05) is 36.6 Å². The van der Waals surface area contributed by atoms with E-state index in [1.807, 2.05) is 31.0 Å². The molecule has 0 atom stereocenters. The molecule has 2 rings (SSSR count). The van der Waals surface area contributed by atoms with Crippen molar-refractivity contribution in [3.63, 3.8) is 0 Å². The number of aliphatic imine (C=N–C) groups is 1. The van der Waals surface area contributed by atoms with Gasteiger partial charge in [0.1, 0.15) is 5.75 Å². The maximum absolute atomic E-state index is 6.34. The SMILES string of the molecule is C=CCN(C)/C=N\c1cc(C)c(Oc2nc(C(C)(C)C)ns2)cc1Cl. The molecule has 5 nitrogen and oxygen atoms in total. The van der Waals surface area contributed by atoms with Crippen molar-refractivity contribution in [3.8, 4) is 10.9 Å². The van der Waals surface area contributed by atoms with Gasteiger partial charge in [-0.25, -0.2) is 4.99 Å². The summed E-state index contributed by atoms with van der Waals surface area (Å²) in [7, 11) is 1.92. The van der Waals surface area contributed by atoms with Gasteiger partial charge in [-0.1, -0.05) is 38.4 Å². The molecule has 134 valence electrons. The first-order valence-corrected chi connectivity index (χ1v) is 9.03. The van der Waals surface area contributed by atoms with E-state index in [-0.39, 0.29) is 5.41 Å². The molecular formula is C18H23ClN4OS. The summed E-state index contributed by atoms with van der Waals surface area (Å²) in [6.45, 7) is 12.6. The highest BCUT2D eigenvalue weighted by molar-refractivity contribution is 7.07. The molecule has 0 saturated carbocycles. The fraction of sp³-hybridized carbons (Fsp3) is 0.389. The normalized spacial score (nSPS) is 11.8. The molecule has 7 heteroatoms. The van der Waals surface area contributed by atoms with E-state index >= 15 is 0 Å². The summed E-state index contributed by atoms with van der Waals surface area (Å²) >= 11 is 7.58. The predicted octanol–water partition coefficient (Wildman–Crippen LogP) is 5.37. The second kappa shape index (κ2) is 7.97. The summed E-state index contributed by atoms with van der Waals surface area (Å²) < 4.78 is 10.2. The molecule has 0 radical (unpaired) electrons. The Morgan fingerprint density at radius 3 is 2.72 bits per heavy atom. The minimum atomic E-state index is -0.110. The van der Waals surface area contributed by atoms with Crippen molar-refractivity contribution >= 4 is 35.2 Å². The van der Waals surface area contributed by atoms with Gasteiger partial charge in [-0.3, -0.25) is 0 Å². The van der Waals surface area contributed by atoms with E-state index in [0.29, 0.717) is 28.2 Å². The number of ether oxygens (including phenoxy) is 1. The lowest BCUT2D eigenvalue weighted by Crippen LogP contribution is -2.15. The molecule has 0 saturated heterocycles. The second-order valence-electron chi connectivity index (χ2n) is 6.78. The molecular weight excluding hydrogens is 356 g/mol. The predicted molar refractivity (Wildman–Crippen MR) is 106 cm³/mol. The average molecular weight is 379 g/mol. The fourth-order valence-electron chi connectivity index (χ4n) is 1.92. The number of rotatable bonds is 6. The molecule has 0 unspecified atom stereocenters. The summed E-state index contributed by atoms with van der Waals surface area (Å²) in [6.07, 6.45) is 3.53. The van der Waals surface area contributed by atoms with Crippen LogP contribution in [0.15, 0.2) is 29.8 Å². The molecule has 0 fully saturated rings. The van der Waals surface area contributed by atoms with E-state index in [4.69, 9.17) is 16.3 Å². The Bertz CT molecular complexity index is 780. The van der Waals surface area contributed by atoms with Gasteiger partial charge in [0.15, 0.2) is 5.82 Å². The highest BCUT2D eigenvalue weighted by atomic mass is 35.5. The van der Waals surface area contributed by atoms with Crippen LogP contribution in [0.2, 0.25) is 5.02 Å². The van der Waals surface area contributed by atoms with Gasteiger partial charge < -0.3 is 9.64 Å². The molecule has 1 aromatic heterocycles. The zero-order chi connectivity index (χ0) is 18.6. The number of halogens is 1. The van der Waals surface area contributed by atoms with Gasteiger partial charge in [-0.2, -0.15) is 9.36 Å². The standard InChI is InChI=1S/C18H23ClN4OS/c1-7-8-23(6)11-20-14-9-12(2)15(10-13(14)19)24-17-21-16(22-25-17)18(3,4)5/h7,9-11H,1,8H2,2-6H3/b20-11-. The highest BCUT2D eigenvalue weighted by Gasteiger charge is 2.20. The van der Waals surface area contributed by atoms with E-state index in [1.165, 1.54) is 11.5 Å². The number of likely N-dealkylation sites (N-methyl/N-ethyl adjacent to an activating group) is 1. The van der Waals surface area contributed by atoms with Crippen molar-refractivity contribution in [2.75, 3.05) is 13.6 Å². The van der Waals surface area contributed by atoms with E-state index in [9.17, 15) is 0 Å². The van der Waals surface area contributed by atoms with Crippen LogP contribution in [0.1, 0.15) is 32.2 Å². The van der Waals surface area contributed by atoms with Crippen LogP contribution in [0.25, 0.3) is 0 Å². The van der Waals surface area contributed by atoms with Gasteiger partial charge in [-0.15, -0.1) is 6.58 Å². The molecule has 0 bridgehead atoms. The lowest BCUT2D eigenvalue weighted by Gasteiger charge is -2.12. The zero-order valence-corrected chi connectivity index (χ0v) is 16.8. The third kappa shape index (κ3) is 5.28. The lowest BCUT2D eigenvalue weighted by molar-refractivity contribution is 0.465. The van der Waals surface area contributed by atoms with Crippen LogP contribution in [0, 0.1) is 6.92 Å². The topological polar surface area (TPSA) is 50.6 Å². The molecule has 0 aliphatic carbocycles. The Balaban J connectivity index is 2.19. The Labute approximate surface area is 158 Å². The Morgan fingerprint density at radius 2 is 2.12 bits per heavy atom. The van der Waals surface area contributed by atoms with Crippen molar-refractivity contribution in [2.45, 2.75) is 33.1 Å². The second-order valence-corrected chi connectivity index (χ2v) is 7.90. The van der Waals surface area contributed by atoms with Crippen molar-refractivity contribution in [2.24, 2.45) is 4.99 Å². The minimum absolute atomic E-state index is 0.110. The fourth-order valence-corrected chi connectivity index (χ4v) is 2.85. The monoisotopic (exact) mass is 378 g/mol. The molecule has 0 aliphatic heterocycles. The number of aromatic nitrogens is 2. The molecule has 0 amide bonds. The first-order valence-electron chi connectivity index (χ1n) is 7.88. The van der Waals surface area contributed by atoms with E-state index in [0.717, 1.165) is 11.4 Å². The Hall–Kier alpha value is -1.92. The van der Waals surface area contributed by atoms with Crippen LogP contribution in [0.4, 0.5) is 5.69 Å². The first kappa shape index (κ1) is 19.4. The van der Waals surface area contributed by atoms with E-state index in [1.54, 1.807) is 12.4 Å². The average Bonchev–Trinajstić information content (AvgIpc) is 2.98. The van der Waals surface area contributed by atoms with E-state index in [2.05, 4.69) is 41.7 Å². The number of aryl methyl sites for hydroxylation is 1. The summed E-state index contributed by atoms with van der Waals surface area (Å²) in [5.74, 6) is 1.42. The number of benzene rings is 1. The van der Waals surface area contributed by atoms with Crippen molar-refractivity contribution in [1.82, 2.24) is 14.3 Å². The van der Waals surface area contributed by atoms with Crippen LogP contribution < -0.4 is 4.74 Å². The third-order valence-corrected chi connectivity index (χ3v) is 4.23. The molecule has 25 heavy (non-hydrogen) atoms. The summed E-state index contributed by atoms with van der Waals surface area (Å²) in [4.78, 5) is 10.8. The molecule has 0 N–H and O–H groups in total. The zero-order valence-electron chi connectivity index (χ0n) is 15.2. The maximum atomic E-state index is 6.34. The molecule has 2 aromatic rings. The van der Waals surface area contributed by atoms with Crippen LogP contribution in [0.3, 0.4) is 0 Å². The molecule has 1 aromatic carbocycles. The number of nitrogens with zero attached hydrogens (tertiary/aromatic N) is 4. The third-order valence-electron chi connectivity index (χ3n) is 3.33. The summed E-state index contributed by atoms with van der Waals surface area (Å²) in [5.41, 5.74) is 1.51. The van der Waals surface area contributed by atoms with Gasteiger partial charge >= 0.3 is 0 Å². The number of hydrogen-bond acceptors (Lipinski definition) is 5. The van der Waals surface area contributed by atoms with Gasteiger partial charge in [0.25, 0.3) is 5.19 Å². The van der Waals surface area contributed by atoms with Crippen LogP contribution >= 0.6 is 23.1 Å². The van der Waals surface area contributed by atoms with Gasteiger partial charge in [-0.05, 0) is 18.6 Å². The van der Waals surface area contributed by atoms with Crippen molar-refractivity contribution in [3.05, 3.63) is 41.2 Å².